The summed E-state index contributed by atoms with van der Waals surface area (Å²) in [5.41, 5.74) is 1.28. The highest BCUT2D eigenvalue weighted by molar-refractivity contribution is 5.20. The summed E-state index contributed by atoms with van der Waals surface area (Å²) in [6, 6.07) is 2.94. The summed E-state index contributed by atoms with van der Waals surface area (Å²) in [6.45, 7) is 7.36. The van der Waals surface area contributed by atoms with Gasteiger partial charge >= 0.3 is 0 Å². The van der Waals surface area contributed by atoms with Crippen LogP contribution in [-0.2, 0) is 13.1 Å². The summed E-state index contributed by atoms with van der Waals surface area (Å²) < 4.78 is 5.97. The zero-order valence-corrected chi connectivity index (χ0v) is 12.7. The lowest BCUT2D eigenvalue weighted by Gasteiger charge is -2.14. The molecule has 1 N–H and O–H groups in total. The van der Waals surface area contributed by atoms with E-state index in [1.54, 1.807) is 0 Å². The van der Waals surface area contributed by atoms with Gasteiger partial charge < -0.3 is 9.73 Å². The fraction of sp³-hybridized carbons (Fsp3) is 0.750. The summed E-state index contributed by atoms with van der Waals surface area (Å²) in [5, 5.41) is 3.51. The molecule has 1 fully saturated rings. The minimum absolute atomic E-state index is 0.740. The second-order valence-corrected chi connectivity index (χ2v) is 5.92. The van der Waals surface area contributed by atoms with E-state index in [1.165, 1.54) is 37.7 Å². The molecule has 1 heterocycles. The van der Waals surface area contributed by atoms with E-state index in [0.717, 1.165) is 37.2 Å². The number of rotatable bonds is 9. The minimum atomic E-state index is 0.740. The summed E-state index contributed by atoms with van der Waals surface area (Å²) in [4.78, 5) is 2.35. The molecule has 1 aromatic rings. The van der Waals surface area contributed by atoms with E-state index in [-0.39, 0.29) is 0 Å². The number of hydrogen-bond acceptors (Lipinski definition) is 3. The number of unbranched alkanes of at least 4 members (excludes halogenated alkanes) is 2. The van der Waals surface area contributed by atoms with Crippen LogP contribution in [-0.4, -0.2) is 24.5 Å². The average Bonchev–Trinajstić information content (AvgIpc) is 3.12. The second kappa shape index (κ2) is 7.11. The van der Waals surface area contributed by atoms with Crippen molar-refractivity contribution in [2.24, 2.45) is 0 Å². The van der Waals surface area contributed by atoms with E-state index >= 15 is 0 Å². The van der Waals surface area contributed by atoms with E-state index in [9.17, 15) is 0 Å². The van der Waals surface area contributed by atoms with Gasteiger partial charge in [0.1, 0.15) is 11.5 Å². The van der Waals surface area contributed by atoms with Gasteiger partial charge in [0.05, 0.1) is 13.1 Å². The molecule has 0 unspecified atom stereocenters. The maximum Gasteiger partial charge on any atom is 0.120 e. The molecule has 0 amide bonds. The maximum absolute atomic E-state index is 5.97. The Morgan fingerprint density at radius 3 is 2.84 bits per heavy atom. The molecule has 108 valence electrons. The minimum Gasteiger partial charge on any atom is -0.463 e. The van der Waals surface area contributed by atoms with Gasteiger partial charge in [0.2, 0.25) is 0 Å². The fourth-order valence-electron chi connectivity index (χ4n) is 2.34. The normalized spacial score (nSPS) is 15.4. The SMILES string of the molecule is CCCCCN(C)Cc1cc(C)c(CNC2CC2)o1. The van der Waals surface area contributed by atoms with Gasteiger partial charge in [-0.1, -0.05) is 19.8 Å². The van der Waals surface area contributed by atoms with E-state index in [1.807, 2.05) is 0 Å². The Morgan fingerprint density at radius 1 is 1.37 bits per heavy atom. The number of nitrogens with one attached hydrogen (secondary N) is 1. The molecule has 0 spiro atoms. The second-order valence-electron chi connectivity index (χ2n) is 5.92. The van der Waals surface area contributed by atoms with Crippen LogP contribution in [0.25, 0.3) is 0 Å². The van der Waals surface area contributed by atoms with E-state index in [2.05, 4.69) is 37.2 Å². The van der Waals surface area contributed by atoms with Crippen molar-refractivity contribution in [3.63, 3.8) is 0 Å². The predicted octanol–water partition coefficient (Wildman–Crippen LogP) is 3.46. The highest BCUT2D eigenvalue weighted by Crippen LogP contribution is 2.21. The van der Waals surface area contributed by atoms with Crippen molar-refractivity contribution in [1.29, 1.82) is 0 Å². The summed E-state index contributed by atoms with van der Waals surface area (Å²) in [5.74, 6) is 2.22. The van der Waals surface area contributed by atoms with Crippen molar-refractivity contribution >= 4 is 0 Å². The lowest BCUT2D eigenvalue weighted by atomic mass is 10.2. The van der Waals surface area contributed by atoms with Crippen LogP contribution in [0, 0.1) is 6.92 Å². The third kappa shape index (κ3) is 5.00. The molecule has 0 bridgehead atoms. The van der Waals surface area contributed by atoms with Gasteiger partial charge in [0.15, 0.2) is 0 Å². The smallest absolute Gasteiger partial charge is 0.120 e. The van der Waals surface area contributed by atoms with Gasteiger partial charge in [0, 0.05) is 6.04 Å². The Hall–Kier alpha value is -0.800. The van der Waals surface area contributed by atoms with Crippen LogP contribution in [0.1, 0.15) is 56.1 Å². The van der Waals surface area contributed by atoms with Gasteiger partial charge in [0.25, 0.3) is 0 Å². The number of hydrogen-bond donors (Lipinski definition) is 1. The summed E-state index contributed by atoms with van der Waals surface area (Å²) >= 11 is 0. The molecule has 0 aromatic carbocycles. The Labute approximate surface area is 117 Å². The van der Waals surface area contributed by atoms with Crippen LogP contribution in [0.15, 0.2) is 10.5 Å². The highest BCUT2D eigenvalue weighted by atomic mass is 16.3. The highest BCUT2D eigenvalue weighted by Gasteiger charge is 2.21. The zero-order valence-electron chi connectivity index (χ0n) is 12.7. The molecule has 19 heavy (non-hydrogen) atoms. The van der Waals surface area contributed by atoms with E-state index in [4.69, 9.17) is 4.42 Å². The Morgan fingerprint density at radius 2 is 2.16 bits per heavy atom. The van der Waals surface area contributed by atoms with Crippen molar-refractivity contribution < 1.29 is 4.42 Å². The van der Waals surface area contributed by atoms with Crippen molar-refractivity contribution in [1.82, 2.24) is 10.2 Å². The molecule has 3 heteroatoms. The van der Waals surface area contributed by atoms with Crippen LogP contribution in [0.3, 0.4) is 0 Å². The molecule has 2 rings (SSSR count). The molecule has 1 aliphatic carbocycles. The monoisotopic (exact) mass is 264 g/mol. The van der Waals surface area contributed by atoms with Gasteiger partial charge in [-0.2, -0.15) is 0 Å². The zero-order chi connectivity index (χ0) is 13.7. The molecular weight excluding hydrogens is 236 g/mol. The largest absolute Gasteiger partial charge is 0.463 e. The van der Waals surface area contributed by atoms with Crippen molar-refractivity contribution in [2.45, 2.75) is 65.1 Å². The molecule has 0 saturated heterocycles. The summed E-state index contributed by atoms with van der Waals surface area (Å²) in [6.07, 6.45) is 6.53. The van der Waals surface area contributed by atoms with Gasteiger partial charge in [-0.3, -0.25) is 4.90 Å². The number of nitrogens with zero attached hydrogens (tertiary/aromatic N) is 1. The third-order valence-corrected chi connectivity index (χ3v) is 3.77. The van der Waals surface area contributed by atoms with Crippen LogP contribution in [0.4, 0.5) is 0 Å². The van der Waals surface area contributed by atoms with Crippen molar-refractivity contribution in [3.05, 3.63) is 23.2 Å². The first-order valence-electron chi connectivity index (χ1n) is 7.69. The van der Waals surface area contributed by atoms with Gasteiger partial charge in [-0.05, 0) is 51.4 Å². The van der Waals surface area contributed by atoms with Gasteiger partial charge in [-0.15, -0.1) is 0 Å². The third-order valence-electron chi connectivity index (χ3n) is 3.77. The lowest BCUT2D eigenvalue weighted by Crippen LogP contribution is -2.18. The molecule has 0 radical (unpaired) electrons. The Kier molecular flexibility index (Phi) is 5.46. The molecule has 0 aliphatic heterocycles. The first-order chi connectivity index (χ1) is 9.19. The molecule has 1 aromatic heterocycles. The van der Waals surface area contributed by atoms with Gasteiger partial charge in [-0.25, -0.2) is 0 Å². The van der Waals surface area contributed by atoms with Crippen molar-refractivity contribution in [2.75, 3.05) is 13.6 Å². The fourth-order valence-corrected chi connectivity index (χ4v) is 2.34. The van der Waals surface area contributed by atoms with Crippen LogP contribution in [0.5, 0.6) is 0 Å². The quantitative estimate of drug-likeness (QED) is 0.692. The lowest BCUT2D eigenvalue weighted by molar-refractivity contribution is 0.283. The van der Waals surface area contributed by atoms with Crippen LogP contribution < -0.4 is 5.32 Å². The molecule has 3 nitrogen and oxygen atoms in total. The van der Waals surface area contributed by atoms with E-state index < -0.39 is 0 Å². The topological polar surface area (TPSA) is 28.4 Å². The summed E-state index contributed by atoms with van der Waals surface area (Å²) in [7, 11) is 2.18. The Bertz CT molecular complexity index is 382. The maximum atomic E-state index is 5.97. The van der Waals surface area contributed by atoms with Crippen LogP contribution >= 0.6 is 0 Å². The standard InChI is InChI=1S/C16H28N2O/c1-4-5-6-9-18(3)12-15-10-13(2)16(19-15)11-17-14-7-8-14/h10,14,17H,4-9,11-12H2,1-3H3. The number of aryl methyl sites for hydroxylation is 1. The first-order valence-corrected chi connectivity index (χ1v) is 7.69. The average molecular weight is 264 g/mol. The molecule has 1 saturated carbocycles. The van der Waals surface area contributed by atoms with E-state index in [0.29, 0.717) is 0 Å². The first kappa shape index (κ1) is 14.6. The predicted molar refractivity (Wildman–Crippen MR) is 79.2 cm³/mol. The Balaban J connectivity index is 1.77. The van der Waals surface area contributed by atoms with Crippen molar-refractivity contribution in [3.8, 4) is 0 Å². The molecule has 1 aliphatic rings. The van der Waals surface area contributed by atoms with Crippen LogP contribution in [0.2, 0.25) is 0 Å². The number of furan rings is 1. The molecule has 0 atom stereocenters. The molecular formula is C16H28N2O.